The summed E-state index contributed by atoms with van der Waals surface area (Å²) in [7, 11) is 0. The Labute approximate surface area is 164 Å². The number of aliphatic imine (C=N–C) groups is 1. The lowest BCUT2D eigenvalue weighted by molar-refractivity contribution is -0.113. The predicted octanol–water partition coefficient (Wildman–Crippen LogP) is 4.04. The third kappa shape index (κ3) is 4.26. The Kier molecular flexibility index (Phi) is 5.31. The van der Waals surface area contributed by atoms with Gasteiger partial charge in [0, 0.05) is 5.56 Å². The van der Waals surface area contributed by atoms with Crippen molar-refractivity contribution in [3.05, 3.63) is 64.6 Å². The lowest BCUT2D eigenvalue weighted by Gasteiger charge is -2.18. The summed E-state index contributed by atoms with van der Waals surface area (Å²) < 4.78 is 11.6. The van der Waals surface area contributed by atoms with Crippen molar-refractivity contribution in [1.29, 1.82) is 0 Å². The Morgan fingerprint density at radius 3 is 2.70 bits per heavy atom. The molecule has 2 aromatic rings. The van der Waals surface area contributed by atoms with E-state index < -0.39 is 0 Å². The number of nitrogens with zero attached hydrogens (tertiary/aromatic N) is 1. The largest absolute Gasteiger partial charge is 0.486 e. The molecule has 0 aliphatic carbocycles. The van der Waals surface area contributed by atoms with Crippen molar-refractivity contribution in [3.63, 3.8) is 0 Å². The number of hydrogen-bond donors (Lipinski definition) is 0. The van der Waals surface area contributed by atoms with Gasteiger partial charge in [-0.1, -0.05) is 53.9 Å². The maximum absolute atomic E-state index is 12.5. The molecule has 136 valence electrons. The number of fused-ring (bicyclic) bond motifs is 1. The second-order valence-electron chi connectivity index (χ2n) is 5.77. The Morgan fingerprint density at radius 2 is 1.89 bits per heavy atom. The fourth-order valence-electron chi connectivity index (χ4n) is 2.58. The Morgan fingerprint density at radius 1 is 1.11 bits per heavy atom. The van der Waals surface area contributed by atoms with E-state index in [0.717, 1.165) is 5.56 Å². The SMILES string of the molecule is O=C1N=C(SCC(=O)c2ccc3c(c2)OCCO3)SC1=Cc1ccccc1. The van der Waals surface area contributed by atoms with E-state index in [2.05, 4.69) is 4.99 Å². The molecule has 27 heavy (non-hydrogen) atoms. The van der Waals surface area contributed by atoms with Crippen LogP contribution in [-0.2, 0) is 4.79 Å². The Balaban J connectivity index is 1.38. The summed E-state index contributed by atoms with van der Waals surface area (Å²) in [5.41, 5.74) is 1.50. The number of benzene rings is 2. The molecule has 1 amide bonds. The van der Waals surface area contributed by atoms with E-state index in [0.29, 0.717) is 39.6 Å². The van der Waals surface area contributed by atoms with E-state index in [4.69, 9.17) is 9.47 Å². The molecule has 2 aliphatic heterocycles. The summed E-state index contributed by atoms with van der Waals surface area (Å²) in [5.74, 6) is 1.14. The maximum atomic E-state index is 12.5. The third-order valence-corrected chi connectivity index (χ3v) is 6.02. The van der Waals surface area contributed by atoms with Crippen molar-refractivity contribution in [3.8, 4) is 11.5 Å². The number of ketones is 1. The molecular weight excluding hydrogens is 382 g/mol. The summed E-state index contributed by atoms with van der Waals surface area (Å²) in [6.07, 6.45) is 1.81. The van der Waals surface area contributed by atoms with Gasteiger partial charge in [0.15, 0.2) is 17.3 Å². The van der Waals surface area contributed by atoms with Gasteiger partial charge in [0.1, 0.15) is 17.6 Å². The van der Waals surface area contributed by atoms with Crippen molar-refractivity contribution in [2.45, 2.75) is 0 Å². The molecule has 0 spiro atoms. The van der Waals surface area contributed by atoms with Crippen molar-refractivity contribution in [2.24, 2.45) is 4.99 Å². The normalized spacial score (nSPS) is 17.1. The molecule has 0 saturated heterocycles. The summed E-state index contributed by atoms with van der Waals surface area (Å²) >= 11 is 2.57. The zero-order valence-corrected chi connectivity index (χ0v) is 15.8. The van der Waals surface area contributed by atoms with E-state index in [1.54, 1.807) is 18.2 Å². The fourth-order valence-corrected chi connectivity index (χ4v) is 4.47. The first-order valence-electron chi connectivity index (χ1n) is 8.32. The second-order valence-corrected chi connectivity index (χ2v) is 8.03. The predicted molar refractivity (Wildman–Crippen MR) is 109 cm³/mol. The minimum Gasteiger partial charge on any atom is -0.486 e. The van der Waals surface area contributed by atoms with Crippen LogP contribution in [-0.4, -0.2) is 35.0 Å². The molecule has 0 bridgehead atoms. The zero-order valence-electron chi connectivity index (χ0n) is 14.2. The van der Waals surface area contributed by atoms with Crippen LogP contribution in [0, 0.1) is 0 Å². The fraction of sp³-hybridized carbons (Fsp3) is 0.150. The van der Waals surface area contributed by atoms with Crippen molar-refractivity contribution in [1.82, 2.24) is 0 Å². The van der Waals surface area contributed by atoms with Gasteiger partial charge in [0.25, 0.3) is 5.91 Å². The standard InChI is InChI=1S/C20H15NO4S2/c22-15(14-6-7-16-17(11-14)25-9-8-24-16)12-26-20-21-19(23)18(27-20)10-13-4-2-1-3-5-13/h1-7,10-11H,8-9,12H2. The van der Waals surface area contributed by atoms with Crippen LogP contribution in [0.1, 0.15) is 15.9 Å². The quantitative estimate of drug-likeness (QED) is 0.573. The smallest absolute Gasteiger partial charge is 0.285 e. The van der Waals surface area contributed by atoms with Crippen LogP contribution >= 0.6 is 23.5 Å². The number of hydrogen-bond acceptors (Lipinski definition) is 6. The Hall–Kier alpha value is -2.51. The number of carbonyl (C=O) groups excluding carboxylic acids is 2. The molecule has 4 rings (SSSR count). The minimum atomic E-state index is -0.266. The van der Waals surface area contributed by atoms with Gasteiger partial charge in [-0.05, 0) is 29.8 Å². The average molecular weight is 397 g/mol. The van der Waals surface area contributed by atoms with Crippen molar-refractivity contribution < 1.29 is 19.1 Å². The van der Waals surface area contributed by atoms with Gasteiger partial charge in [-0.2, -0.15) is 4.99 Å². The maximum Gasteiger partial charge on any atom is 0.285 e. The molecule has 2 aliphatic rings. The van der Waals surface area contributed by atoms with Crippen LogP contribution < -0.4 is 9.47 Å². The average Bonchev–Trinajstić information content (AvgIpc) is 3.06. The molecule has 0 aromatic heterocycles. The van der Waals surface area contributed by atoms with E-state index >= 15 is 0 Å². The first-order chi connectivity index (χ1) is 13.2. The number of carbonyl (C=O) groups is 2. The highest BCUT2D eigenvalue weighted by Crippen LogP contribution is 2.35. The van der Waals surface area contributed by atoms with Crippen LogP contribution in [0.25, 0.3) is 6.08 Å². The summed E-state index contributed by atoms with van der Waals surface area (Å²) in [6, 6.07) is 14.8. The number of Topliss-reactive ketones (excluding diaryl/α,β-unsaturated/α-hetero) is 1. The van der Waals surface area contributed by atoms with Gasteiger partial charge < -0.3 is 9.47 Å². The van der Waals surface area contributed by atoms with Gasteiger partial charge in [0.2, 0.25) is 0 Å². The zero-order chi connectivity index (χ0) is 18.6. The lowest BCUT2D eigenvalue weighted by atomic mass is 10.1. The number of rotatable bonds is 4. The highest BCUT2D eigenvalue weighted by molar-refractivity contribution is 8.41. The van der Waals surface area contributed by atoms with Gasteiger partial charge in [-0.15, -0.1) is 0 Å². The molecule has 7 heteroatoms. The molecule has 0 saturated carbocycles. The van der Waals surface area contributed by atoms with Crippen LogP contribution in [0.2, 0.25) is 0 Å². The Bertz CT molecular complexity index is 954. The first kappa shape index (κ1) is 17.9. The van der Waals surface area contributed by atoms with Gasteiger partial charge in [-0.3, -0.25) is 9.59 Å². The van der Waals surface area contributed by atoms with Crippen LogP contribution in [0.3, 0.4) is 0 Å². The van der Waals surface area contributed by atoms with E-state index in [1.807, 2.05) is 36.4 Å². The number of amides is 1. The molecule has 2 aromatic carbocycles. The van der Waals surface area contributed by atoms with Crippen molar-refractivity contribution in [2.75, 3.05) is 19.0 Å². The van der Waals surface area contributed by atoms with E-state index in [-0.39, 0.29) is 17.4 Å². The summed E-state index contributed by atoms with van der Waals surface area (Å²) in [4.78, 5) is 29.1. The monoisotopic (exact) mass is 397 g/mol. The molecule has 0 fully saturated rings. The number of thioether (sulfide) groups is 2. The minimum absolute atomic E-state index is 0.0480. The van der Waals surface area contributed by atoms with Gasteiger partial charge in [-0.25, -0.2) is 0 Å². The van der Waals surface area contributed by atoms with Crippen LogP contribution in [0.5, 0.6) is 11.5 Å². The molecule has 5 nitrogen and oxygen atoms in total. The highest BCUT2D eigenvalue weighted by atomic mass is 32.2. The summed E-state index contributed by atoms with van der Waals surface area (Å²) in [6.45, 7) is 0.992. The van der Waals surface area contributed by atoms with E-state index in [9.17, 15) is 9.59 Å². The molecule has 0 N–H and O–H groups in total. The van der Waals surface area contributed by atoms with E-state index in [1.165, 1.54) is 23.5 Å². The van der Waals surface area contributed by atoms with Gasteiger partial charge >= 0.3 is 0 Å². The molecular formula is C20H15NO4S2. The first-order valence-corrected chi connectivity index (χ1v) is 10.1. The molecule has 0 atom stereocenters. The molecule has 0 unspecified atom stereocenters. The second kappa shape index (κ2) is 8.02. The molecule has 2 heterocycles. The van der Waals surface area contributed by atoms with Crippen LogP contribution in [0.15, 0.2) is 58.4 Å². The van der Waals surface area contributed by atoms with Gasteiger partial charge in [0.05, 0.1) is 10.7 Å². The highest BCUT2D eigenvalue weighted by Gasteiger charge is 2.23. The van der Waals surface area contributed by atoms with Crippen molar-refractivity contribution >= 4 is 45.7 Å². The lowest BCUT2D eigenvalue weighted by Crippen LogP contribution is -2.16. The number of ether oxygens (including phenoxy) is 2. The topological polar surface area (TPSA) is 65.0 Å². The van der Waals surface area contributed by atoms with Crippen LogP contribution in [0.4, 0.5) is 0 Å². The third-order valence-electron chi connectivity index (χ3n) is 3.89. The molecule has 0 radical (unpaired) electrons. The summed E-state index contributed by atoms with van der Waals surface area (Å²) in [5, 5.41) is 0.